The Labute approximate surface area is 117 Å². The number of carbonyl (C=O) groups is 3. The lowest BCUT2D eigenvalue weighted by molar-refractivity contribution is -0.173. The molecule has 2 N–H and O–H groups in total. The summed E-state index contributed by atoms with van der Waals surface area (Å²) in [6.07, 6.45) is -3.02. The minimum Gasteiger partial charge on any atom is -0.458 e. The minimum atomic E-state index is -1.31. The highest BCUT2D eigenvalue weighted by atomic mass is 16.6. The maximum atomic E-state index is 11.6. The molecule has 0 aliphatic rings. The number of ether oxygens (including phenoxy) is 2. The van der Waals surface area contributed by atoms with Crippen LogP contribution >= 0.6 is 0 Å². The van der Waals surface area contributed by atoms with Crippen LogP contribution in [0.1, 0.15) is 27.7 Å². The number of carbonyl (C=O) groups excluding carboxylic acids is 3. The van der Waals surface area contributed by atoms with Crippen molar-refractivity contribution in [3.8, 4) is 0 Å². The van der Waals surface area contributed by atoms with Crippen molar-refractivity contribution >= 4 is 17.8 Å². The molecule has 0 heterocycles. The first kappa shape index (κ1) is 18.1. The van der Waals surface area contributed by atoms with Crippen molar-refractivity contribution in [2.24, 2.45) is 0 Å². The quantitative estimate of drug-likeness (QED) is 0.502. The average Bonchev–Trinajstić information content (AvgIpc) is 2.35. The van der Waals surface area contributed by atoms with E-state index in [0.717, 1.165) is 0 Å². The molecule has 20 heavy (non-hydrogen) atoms. The number of esters is 2. The van der Waals surface area contributed by atoms with Gasteiger partial charge < -0.3 is 19.9 Å². The van der Waals surface area contributed by atoms with Gasteiger partial charge in [-0.1, -0.05) is 6.58 Å². The second-order valence-electron chi connectivity index (χ2n) is 4.49. The molecule has 114 valence electrons. The third kappa shape index (κ3) is 6.89. The zero-order chi connectivity index (χ0) is 15.9. The molecule has 0 aliphatic heterocycles. The molecule has 3 atom stereocenters. The SMILES string of the molecule is C=C(C)C(=O)NCC(C)OC(=O)C(C)OC(=O)C(C)O. The fraction of sp³-hybridized carbons (Fsp3) is 0.615. The Kier molecular flexibility index (Phi) is 7.53. The predicted molar refractivity (Wildman–Crippen MR) is 70.6 cm³/mol. The Hall–Kier alpha value is -1.89. The van der Waals surface area contributed by atoms with Crippen molar-refractivity contribution < 1.29 is 29.0 Å². The molecule has 7 nitrogen and oxygen atoms in total. The number of hydrogen-bond donors (Lipinski definition) is 2. The molecule has 0 saturated carbocycles. The van der Waals surface area contributed by atoms with Crippen LogP contribution < -0.4 is 5.32 Å². The normalized spacial score (nSPS) is 14.7. The second-order valence-corrected chi connectivity index (χ2v) is 4.49. The van der Waals surface area contributed by atoms with Crippen LogP contribution in [0.15, 0.2) is 12.2 Å². The zero-order valence-corrected chi connectivity index (χ0v) is 12.1. The smallest absolute Gasteiger partial charge is 0.347 e. The summed E-state index contributed by atoms with van der Waals surface area (Å²) in [4.78, 5) is 33.9. The molecule has 0 bridgehead atoms. The van der Waals surface area contributed by atoms with Crippen LogP contribution in [0.2, 0.25) is 0 Å². The highest BCUT2D eigenvalue weighted by Gasteiger charge is 2.23. The van der Waals surface area contributed by atoms with Gasteiger partial charge in [-0.25, -0.2) is 9.59 Å². The summed E-state index contributed by atoms with van der Waals surface area (Å²) >= 11 is 0. The molecule has 0 aromatic rings. The van der Waals surface area contributed by atoms with E-state index in [-0.39, 0.29) is 12.5 Å². The number of amides is 1. The Bertz CT molecular complexity index is 390. The lowest BCUT2D eigenvalue weighted by Crippen LogP contribution is -2.37. The van der Waals surface area contributed by atoms with Gasteiger partial charge in [-0.3, -0.25) is 4.79 Å². The van der Waals surface area contributed by atoms with E-state index in [1.807, 2.05) is 0 Å². The second kappa shape index (κ2) is 8.31. The van der Waals surface area contributed by atoms with Crippen LogP contribution in [0, 0.1) is 0 Å². The molecular formula is C13H21NO6. The van der Waals surface area contributed by atoms with E-state index in [2.05, 4.69) is 16.6 Å². The van der Waals surface area contributed by atoms with Gasteiger partial charge in [0.25, 0.3) is 0 Å². The summed E-state index contributed by atoms with van der Waals surface area (Å²) in [7, 11) is 0. The van der Waals surface area contributed by atoms with Gasteiger partial charge in [0, 0.05) is 5.57 Å². The molecule has 3 unspecified atom stereocenters. The average molecular weight is 287 g/mol. The molecule has 0 rings (SSSR count). The van der Waals surface area contributed by atoms with Gasteiger partial charge in [0.2, 0.25) is 5.91 Å². The molecule has 0 aromatic heterocycles. The number of hydrogen-bond acceptors (Lipinski definition) is 6. The van der Waals surface area contributed by atoms with Crippen LogP contribution in [0.5, 0.6) is 0 Å². The van der Waals surface area contributed by atoms with Crippen LogP contribution in [-0.2, 0) is 23.9 Å². The molecule has 0 fully saturated rings. The Balaban J connectivity index is 4.15. The third-order valence-electron chi connectivity index (χ3n) is 2.22. The number of aliphatic hydroxyl groups excluding tert-OH is 1. The standard InChI is InChI=1S/C13H21NO6/c1-7(2)11(16)14-6-8(3)19-13(18)10(5)20-12(17)9(4)15/h8-10,15H,1,6H2,2-5H3,(H,14,16). The van der Waals surface area contributed by atoms with Gasteiger partial charge in [0.05, 0.1) is 6.54 Å². The maximum Gasteiger partial charge on any atom is 0.347 e. The summed E-state index contributed by atoms with van der Waals surface area (Å²) in [5, 5.41) is 11.5. The summed E-state index contributed by atoms with van der Waals surface area (Å²) in [5.41, 5.74) is 0.350. The Morgan fingerprint density at radius 3 is 2.15 bits per heavy atom. The molecule has 0 aromatic carbocycles. The number of rotatable bonds is 7. The number of nitrogens with one attached hydrogen (secondary N) is 1. The highest BCUT2D eigenvalue weighted by Crippen LogP contribution is 2.01. The third-order valence-corrected chi connectivity index (χ3v) is 2.22. The van der Waals surface area contributed by atoms with E-state index in [0.29, 0.717) is 5.57 Å². The van der Waals surface area contributed by atoms with E-state index in [4.69, 9.17) is 9.84 Å². The lowest BCUT2D eigenvalue weighted by atomic mass is 10.3. The van der Waals surface area contributed by atoms with E-state index in [9.17, 15) is 14.4 Å². The van der Waals surface area contributed by atoms with Gasteiger partial charge in [-0.2, -0.15) is 0 Å². The van der Waals surface area contributed by atoms with Crippen molar-refractivity contribution in [3.05, 3.63) is 12.2 Å². The fourth-order valence-electron chi connectivity index (χ4n) is 1.04. The van der Waals surface area contributed by atoms with Crippen LogP contribution in [0.3, 0.4) is 0 Å². The van der Waals surface area contributed by atoms with Crippen molar-refractivity contribution in [3.63, 3.8) is 0 Å². The fourth-order valence-corrected chi connectivity index (χ4v) is 1.04. The predicted octanol–water partition coefficient (Wildman–Crippen LogP) is -0.0771. The zero-order valence-electron chi connectivity index (χ0n) is 12.1. The van der Waals surface area contributed by atoms with Gasteiger partial charge >= 0.3 is 11.9 Å². The largest absolute Gasteiger partial charge is 0.458 e. The van der Waals surface area contributed by atoms with Crippen LogP contribution in [0.4, 0.5) is 0 Å². The Morgan fingerprint density at radius 1 is 1.15 bits per heavy atom. The topological polar surface area (TPSA) is 102 Å². The van der Waals surface area contributed by atoms with Gasteiger partial charge in [-0.05, 0) is 27.7 Å². The first-order valence-electron chi connectivity index (χ1n) is 6.17. The lowest BCUT2D eigenvalue weighted by Gasteiger charge is -2.18. The van der Waals surface area contributed by atoms with Crippen LogP contribution in [-0.4, -0.2) is 47.8 Å². The molecule has 0 saturated heterocycles. The van der Waals surface area contributed by atoms with Gasteiger partial charge in [-0.15, -0.1) is 0 Å². The summed E-state index contributed by atoms with van der Waals surface area (Å²) in [5.74, 6) is -1.99. The van der Waals surface area contributed by atoms with Gasteiger partial charge in [0.1, 0.15) is 12.2 Å². The maximum absolute atomic E-state index is 11.6. The van der Waals surface area contributed by atoms with Crippen molar-refractivity contribution in [2.45, 2.75) is 46.0 Å². The van der Waals surface area contributed by atoms with Crippen molar-refractivity contribution in [1.29, 1.82) is 0 Å². The van der Waals surface area contributed by atoms with Gasteiger partial charge in [0.15, 0.2) is 6.10 Å². The monoisotopic (exact) mass is 287 g/mol. The molecule has 0 spiro atoms. The molecule has 7 heteroatoms. The molecule has 1 amide bonds. The van der Waals surface area contributed by atoms with Crippen molar-refractivity contribution in [1.82, 2.24) is 5.32 Å². The van der Waals surface area contributed by atoms with Crippen LogP contribution in [0.25, 0.3) is 0 Å². The molecule has 0 radical (unpaired) electrons. The summed E-state index contributed by atoms with van der Waals surface area (Å²) in [6.45, 7) is 9.30. The highest BCUT2D eigenvalue weighted by molar-refractivity contribution is 5.92. The summed E-state index contributed by atoms with van der Waals surface area (Å²) < 4.78 is 9.65. The van der Waals surface area contributed by atoms with E-state index in [1.54, 1.807) is 13.8 Å². The Morgan fingerprint density at radius 2 is 1.70 bits per heavy atom. The molecular weight excluding hydrogens is 266 g/mol. The summed E-state index contributed by atoms with van der Waals surface area (Å²) in [6, 6.07) is 0. The minimum absolute atomic E-state index is 0.120. The molecule has 0 aliphatic carbocycles. The van der Waals surface area contributed by atoms with E-state index in [1.165, 1.54) is 13.8 Å². The number of aliphatic hydroxyl groups is 1. The van der Waals surface area contributed by atoms with E-state index < -0.39 is 30.3 Å². The van der Waals surface area contributed by atoms with E-state index >= 15 is 0 Å². The first-order valence-corrected chi connectivity index (χ1v) is 6.17. The van der Waals surface area contributed by atoms with Crippen molar-refractivity contribution in [2.75, 3.05) is 6.54 Å². The first-order chi connectivity index (χ1) is 9.15.